The van der Waals surface area contributed by atoms with E-state index in [0.29, 0.717) is 18.0 Å². The molecule has 1 aromatic rings. The number of ether oxygens (including phenoxy) is 2. The Kier molecular flexibility index (Phi) is 6.07. The van der Waals surface area contributed by atoms with Crippen molar-refractivity contribution in [1.82, 2.24) is 5.32 Å². The molecule has 0 saturated carbocycles. The molecule has 21 heavy (non-hydrogen) atoms. The summed E-state index contributed by atoms with van der Waals surface area (Å²) < 4.78 is 11.0. The van der Waals surface area contributed by atoms with Crippen molar-refractivity contribution in [3.05, 3.63) is 29.3 Å². The normalized spacial score (nSPS) is 19.4. The summed E-state index contributed by atoms with van der Waals surface area (Å²) in [4.78, 5) is 0. The lowest BCUT2D eigenvalue weighted by Gasteiger charge is -2.32. The highest BCUT2D eigenvalue weighted by Crippen LogP contribution is 2.33. The fourth-order valence-electron chi connectivity index (χ4n) is 3.01. The van der Waals surface area contributed by atoms with Gasteiger partial charge in [0.15, 0.2) is 0 Å². The molecule has 0 saturated heterocycles. The standard InChI is InChI=1S/C18H29NO2/c1-5-21-12-18(13(2)3)19-17-8-6-7-14-9-10-15(20-4)11-16(14)17/h9-11,13,17-19H,5-8,12H2,1-4H3. The Bertz CT molecular complexity index is 445. The van der Waals surface area contributed by atoms with Crippen molar-refractivity contribution in [2.24, 2.45) is 5.92 Å². The van der Waals surface area contributed by atoms with E-state index >= 15 is 0 Å². The molecule has 2 unspecified atom stereocenters. The molecule has 3 nitrogen and oxygen atoms in total. The molecule has 1 N–H and O–H groups in total. The average Bonchev–Trinajstić information content (AvgIpc) is 2.50. The number of nitrogens with one attached hydrogen (secondary N) is 1. The maximum absolute atomic E-state index is 5.64. The third kappa shape index (κ3) is 4.21. The summed E-state index contributed by atoms with van der Waals surface area (Å²) in [6.07, 6.45) is 3.61. The number of methoxy groups -OCH3 is 1. The molecule has 1 aromatic carbocycles. The third-order valence-electron chi connectivity index (χ3n) is 4.39. The molecule has 0 aromatic heterocycles. The predicted molar refractivity (Wildman–Crippen MR) is 86.9 cm³/mol. The van der Waals surface area contributed by atoms with Gasteiger partial charge >= 0.3 is 0 Å². The fraction of sp³-hybridized carbons (Fsp3) is 0.667. The maximum atomic E-state index is 5.64. The zero-order chi connectivity index (χ0) is 15.2. The van der Waals surface area contributed by atoms with E-state index in [4.69, 9.17) is 9.47 Å². The predicted octanol–water partition coefficient (Wildman–Crippen LogP) is 3.72. The molecular formula is C18H29NO2. The summed E-state index contributed by atoms with van der Waals surface area (Å²) >= 11 is 0. The topological polar surface area (TPSA) is 30.5 Å². The molecule has 1 aliphatic rings. The van der Waals surface area contributed by atoms with E-state index in [2.05, 4.69) is 44.3 Å². The Hall–Kier alpha value is -1.06. The number of fused-ring (bicyclic) bond motifs is 1. The molecule has 0 aliphatic heterocycles. The SMILES string of the molecule is CCOCC(NC1CCCc2ccc(OC)cc21)C(C)C. The van der Waals surface area contributed by atoms with E-state index in [1.807, 2.05) is 0 Å². The van der Waals surface area contributed by atoms with Crippen LogP contribution in [-0.4, -0.2) is 26.4 Å². The molecule has 2 rings (SSSR count). The second kappa shape index (κ2) is 7.81. The van der Waals surface area contributed by atoms with Crippen molar-refractivity contribution < 1.29 is 9.47 Å². The number of rotatable bonds is 7. The highest BCUT2D eigenvalue weighted by Gasteiger charge is 2.24. The van der Waals surface area contributed by atoms with E-state index in [1.54, 1.807) is 7.11 Å². The highest BCUT2D eigenvalue weighted by atomic mass is 16.5. The van der Waals surface area contributed by atoms with E-state index in [9.17, 15) is 0 Å². The molecular weight excluding hydrogens is 262 g/mol. The van der Waals surface area contributed by atoms with Gasteiger partial charge in [0.05, 0.1) is 13.7 Å². The first-order valence-electron chi connectivity index (χ1n) is 8.16. The third-order valence-corrected chi connectivity index (χ3v) is 4.39. The summed E-state index contributed by atoms with van der Waals surface area (Å²) in [5.74, 6) is 1.51. The van der Waals surface area contributed by atoms with Gasteiger partial charge in [0.2, 0.25) is 0 Å². The monoisotopic (exact) mass is 291 g/mol. The van der Waals surface area contributed by atoms with Crippen LogP contribution in [0.1, 0.15) is 50.8 Å². The lowest BCUT2D eigenvalue weighted by atomic mass is 9.86. The molecule has 0 fully saturated rings. The van der Waals surface area contributed by atoms with Crippen molar-refractivity contribution in [3.63, 3.8) is 0 Å². The maximum Gasteiger partial charge on any atom is 0.119 e. The van der Waals surface area contributed by atoms with Crippen LogP contribution in [-0.2, 0) is 11.2 Å². The Morgan fingerprint density at radius 3 is 2.81 bits per heavy atom. The zero-order valence-corrected chi connectivity index (χ0v) is 13.8. The van der Waals surface area contributed by atoms with Crippen molar-refractivity contribution >= 4 is 0 Å². The summed E-state index contributed by atoms with van der Waals surface area (Å²) in [5, 5.41) is 3.82. The van der Waals surface area contributed by atoms with Crippen molar-refractivity contribution in [3.8, 4) is 5.75 Å². The van der Waals surface area contributed by atoms with Crippen molar-refractivity contribution in [2.75, 3.05) is 20.3 Å². The average molecular weight is 291 g/mol. The zero-order valence-electron chi connectivity index (χ0n) is 13.8. The lowest BCUT2D eigenvalue weighted by molar-refractivity contribution is 0.102. The Balaban J connectivity index is 2.14. The second-order valence-corrected chi connectivity index (χ2v) is 6.19. The summed E-state index contributed by atoms with van der Waals surface area (Å²) in [6, 6.07) is 7.30. The molecule has 0 bridgehead atoms. The van der Waals surface area contributed by atoms with E-state index in [-0.39, 0.29) is 0 Å². The lowest BCUT2D eigenvalue weighted by Crippen LogP contribution is -2.41. The quantitative estimate of drug-likeness (QED) is 0.830. The van der Waals surface area contributed by atoms with Gasteiger partial charge < -0.3 is 14.8 Å². The molecule has 1 aliphatic carbocycles. The van der Waals surface area contributed by atoms with Crippen LogP contribution in [0.2, 0.25) is 0 Å². The molecule has 3 heteroatoms. The van der Waals surface area contributed by atoms with Gasteiger partial charge in [0.25, 0.3) is 0 Å². The molecule has 2 atom stereocenters. The smallest absolute Gasteiger partial charge is 0.119 e. The van der Waals surface area contributed by atoms with Gasteiger partial charge in [0.1, 0.15) is 5.75 Å². The van der Waals surface area contributed by atoms with Crippen LogP contribution in [0, 0.1) is 5.92 Å². The van der Waals surface area contributed by atoms with Crippen LogP contribution < -0.4 is 10.1 Å². The van der Waals surface area contributed by atoms with Gasteiger partial charge in [-0.1, -0.05) is 19.9 Å². The Morgan fingerprint density at radius 1 is 1.33 bits per heavy atom. The molecule has 0 radical (unpaired) electrons. The second-order valence-electron chi connectivity index (χ2n) is 6.19. The number of hydrogen-bond donors (Lipinski definition) is 1. The van der Waals surface area contributed by atoms with Crippen molar-refractivity contribution in [1.29, 1.82) is 0 Å². The van der Waals surface area contributed by atoms with Crippen LogP contribution in [0.15, 0.2) is 18.2 Å². The Morgan fingerprint density at radius 2 is 2.14 bits per heavy atom. The van der Waals surface area contributed by atoms with E-state index in [0.717, 1.165) is 19.0 Å². The minimum Gasteiger partial charge on any atom is -0.497 e. The minimum atomic E-state index is 0.395. The molecule has 0 heterocycles. The van der Waals surface area contributed by atoms with Crippen molar-refractivity contribution in [2.45, 2.75) is 52.1 Å². The first-order valence-corrected chi connectivity index (χ1v) is 8.16. The summed E-state index contributed by atoms with van der Waals surface area (Å²) in [6.45, 7) is 8.13. The summed E-state index contributed by atoms with van der Waals surface area (Å²) in [7, 11) is 1.74. The first-order chi connectivity index (χ1) is 10.2. The van der Waals surface area contributed by atoms with Crippen LogP contribution in [0.25, 0.3) is 0 Å². The highest BCUT2D eigenvalue weighted by molar-refractivity contribution is 5.39. The molecule has 118 valence electrons. The van der Waals surface area contributed by atoms with Crippen LogP contribution >= 0.6 is 0 Å². The number of aryl methyl sites for hydroxylation is 1. The van der Waals surface area contributed by atoms with Gasteiger partial charge in [-0.25, -0.2) is 0 Å². The van der Waals surface area contributed by atoms with E-state index < -0.39 is 0 Å². The first kappa shape index (κ1) is 16.3. The van der Waals surface area contributed by atoms with Crippen LogP contribution in [0.5, 0.6) is 5.75 Å². The van der Waals surface area contributed by atoms with Gasteiger partial charge in [-0.15, -0.1) is 0 Å². The number of hydrogen-bond acceptors (Lipinski definition) is 3. The van der Waals surface area contributed by atoms with Crippen LogP contribution in [0.3, 0.4) is 0 Å². The molecule has 0 amide bonds. The number of benzene rings is 1. The van der Waals surface area contributed by atoms with Gasteiger partial charge in [0, 0.05) is 18.7 Å². The Labute approximate surface area is 129 Å². The van der Waals surface area contributed by atoms with Gasteiger partial charge in [-0.05, 0) is 55.4 Å². The van der Waals surface area contributed by atoms with Gasteiger partial charge in [-0.2, -0.15) is 0 Å². The fourth-order valence-corrected chi connectivity index (χ4v) is 3.01. The van der Waals surface area contributed by atoms with Crippen LogP contribution in [0.4, 0.5) is 0 Å². The van der Waals surface area contributed by atoms with Gasteiger partial charge in [-0.3, -0.25) is 0 Å². The minimum absolute atomic E-state index is 0.395. The molecule has 0 spiro atoms. The summed E-state index contributed by atoms with van der Waals surface area (Å²) in [5.41, 5.74) is 2.86. The van der Waals surface area contributed by atoms with E-state index in [1.165, 1.54) is 30.4 Å². The largest absolute Gasteiger partial charge is 0.497 e.